The van der Waals surface area contributed by atoms with Gasteiger partial charge in [0.2, 0.25) is 0 Å². The molecular weight excluding hydrogens is 343 g/mol. The van der Waals surface area contributed by atoms with E-state index in [1.807, 2.05) is 0 Å². The van der Waals surface area contributed by atoms with Crippen LogP contribution >= 0.6 is 15.9 Å². The molecule has 3 N–H and O–H groups in total. The van der Waals surface area contributed by atoms with Gasteiger partial charge in [0.25, 0.3) is 5.69 Å². The lowest BCUT2D eigenvalue weighted by Crippen LogP contribution is -1.94. The summed E-state index contributed by atoms with van der Waals surface area (Å²) in [5.41, 5.74) is 7.51. The summed E-state index contributed by atoms with van der Waals surface area (Å²) in [5.74, 6) is -0.0755. The number of hydrogen-bond donors (Lipinski definition) is 2. The van der Waals surface area contributed by atoms with Gasteiger partial charge >= 0.3 is 0 Å². The Morgan fingerprint density at radius 3 is 2.81 bits per heavy atom. The molecule has 21 heavy (non-hydrogen) atoms. The van der Waals surface area contributed by atoms with Gasteiger partial charge in [-0.2, -0.15) is 0 Å². The number of aromatic nitrogens is 2. The van der Waals surface area contributed by atoms with Crippen molar-refractivity contribution in [2.24, 2.45) is 0 Å². The average Bonchev–Trinajstić information content (AvgIpc) is 2.82. The Balaban J connectivity index is 2.20. The Bertz CT molecular complexity index is 839. The van der Waals surface area contributed by atoms with E-state index in [9.17, 15) is 14.5 Å². The third-order valence-electron chi connectivity index (χ3n) is 3.03. The zero-order valence-corrected chi connectivity index (χ0v) is 12.0. The molecule has 0 amide bonds. The predicted molar refractivity (Wildman–Crippen MR) is 80.3 cm³/mol. The van der Waals surface area contributed by atoms with Crippen molar-refractivity contribution in [2.75, 3.05) is 5.73 Å². The molecule has 0 aliphatic heterocycles. The number of nitrogens with two attached hydrogens (primary N) is 1. The molecular formula is C13H8BrFN4O2. The van der Waals surface area contributed by atoms with E-state index in [0.29, 0.717) is 32.6 Å². The van der Waals surface area contributed by atoms with E-state index in [0.717, 1.165) is 0 Å². The van der Waals surface area contributed by atoms with Crippen molar-refractivity contribution in [2.45, 2.75) is 0 Å². The van der Waals surface area contributed by atoms with Crippen LogP contribution in [0.25, 0.3) is 22.4 Å². The minimum atomic E-state index is -0.512. The lowest BCUT2D eigenvalue weighted by molar-refractivity contribution is -0.384. The summed E-state index contributed by atoms with van der Waals surface area (Å²) in [5, 5.41) is 10.8. The average molecular weight is 351 g/mol. The van der Waals surface area contributed by atoms with Crippen LogP contribution in [0.2, 0.25) is 0 Å². The Kier molecular flexibility index (Phi) is 3.09. The first-order valence-corrected chi connectivity index (χ1v) is 6.64. The molecule has 0 fully saturated rings. The normalized spacial score (nSPS) is 11.0. The van der Waals surface area contributed by atoms with E-state index in [1.54, 1.807) is 0 Å². The van der Waals surface area contributed by atoms with Crippen LogP contribution in [-0.4, -0.2) is 14.9 Å². The second-order valence-electron chi connectivity index (χ2n) is 4.40. The third-order valence-corrected chi connectivity index (χ3v) is 3.63. The number of benzene rings is 2. The molecule has 0 unspecified atom stereocenters. The molecule has 2 aromatic carbocycles. The van der Waals surface area contributed by atoms with E-state index >= 15 is 0 Å². The number of imidazole rings is 1. The number of halogens is 2. The largest absolute Gasteiger partial charge is 0.398 e. The maximum atomic E-state index is 13.5. The summed E-state index contributed by atoms with van der Waals surface area (Å²) in [7, 11) is 0. The highest BCUT2D eigenvalue weighted by molar-refractivity contribution is 9.10. The summed E-state index contributed by atoms with van der Waals surface area (Å²) >= 11 is 3.08. The van der Waals surface area contributed by atoms with E-state index in [-0.39, 0.29) is 5.69 Å². The van der Waals surface area contributed by atoms with E-state index in [2.05, 4.69) is 25.9 Å². The van der Waals surface area contributed by atoms with Crippen LogP contribution in [0.4, 0.5) is 15.8 Å². The fourth-order valence-electron chi connectivity index (χ4n) is 2.00. The van der Waals surface area contributed by atoms with Gasteiger partial charge in [-0.1, -0.05) is 0 Å². The molecule has 0 atom stereocenters. The first-order valence-electron chi connectivity index (χ1n) is 5.85. The van der Waals surface area contributed by atoms with Crippen molar-refractivity contribution in [1.82, 2.24) is 9.97 Å². The van der Waals surface area contributed by atoms with Gasteiger partial charge in [-0.15, -0.1) is 0 Å². The van der Waals surface area contributed by atoms with Crippen molar-refractivity contribution >= 4 is 38.3 Å². The van der Waals surface area contributed by atoms with Gasteiger partial charge in [0.05, 0.1) is 20.4 Å². The van der Waals surface area contributed by atoms with Crippen LogP contribution in [0, 0.1) is 15.9 Å². The van der Waals surface area contributed by atoms with Crippen LogP contribution in [0.15, 0.2) is 34.8 Å². The highest BCUT2D eigenvalue weighted by Gasteiger charge is 2.15. The van der Waals surface area contributed by atoms with Crippen molar-refractivity contribution < 1.29 is 9.31 Å². The number of nitrogen functional groups attached to an aromatic ring is 1. The lowest BCUT2D eigenvalue weighted by atomic mass is 10.1. The summed E-state index contributed by atoms with van der Waals surface area (Å²) in [4.78, 5) is 17.5. The fourth-order valence-corrected chi connectivity index (χ4v) is 2.33. The Hall–Kier alpha value is -2.48. The molecule has 1 heterocycles. The number of hydrogen-bond acceptors (Lipinski definition) is 4. The lowest BCUT2D eigenvalue weighted by Gasteiger charge is -2.01. The first-order chi connectivity index (χ1) is 9.95. The number of H-pyrrole nitrogens is 1. The monoisotopic (exact) mass is 350 g/mol. The molecule has 0 aliphatic rings. The van der Waals surface area contributed by atoms with Crippen molar-refractivity contribution in [1.29, 1.82) is 0 Å². The Morgan fingerprint density at radius 1 is 1.33 bits per heavy atom. The van der Waals surface area contributed by atoms with Gasteiger partial charge in [0.15, 0.2) is 0 Å². The number of anilines is 1. The summed E-state index contributed by atoms with van der Waals surface area (Å²) in [6.07, 6.45) is 0. The molecule has 106 valence electrons. The zero-order valence-electron chi connectivity index (χ0n) is 10.4. The minimum absolute atomic E-state index is 0.0907. The number of fused-ring (bicyclic) bond motifs is 1. The molecule has 0 radical (unpaired) electrons. The van der Waals surface area contributed by atoms with Gasteiger partial charge in [0.1, 0.15) is 11.6 Å². The van der Waals surface area contributed by atoms with Gasteiger partial charge in [0, 0.05) is 29.4 Å². The highest BCUT2D eigenvalue weighted by atomic mass is 79.9. The number of rotatable bonds is 2. The molecule has 1 aromatic heterocycles. The number of nitrogens with zero attached hydrogens (tertiary/aromatic N) is 2. The molecule has 6 nitrogen and oxygen atoms in total. The molecule has 0 bridgehead atoms. The van der Waals surface area contributed by atoms with E-state index in [4.69, 9.17) is 5.73 Å². The maximum absolute atomic E-state index is 13.5. The number of nitro benzene ring substituents is 1. The van der Waals surface area contributed by atoms with Crippen LogP contribution in [0.1, 0.15) is 0 Å². The Morgan fingerprint density at radius 2 is 2.10 bits per heavy atom. The van der Waals surface area contributed by atoms with Gasteiger partial charge in [-0.05, 0) is 28.1 Å². The zero-order chi connectivity index (χ0) is 15.1. The number of nitro groups is 1. The van der Waals surface area contributed by atoms with Crippen LogP contribution in [0.5, 0.6) is 0 Å². The number of nitrogens with one attached hydrogen (secondary N) is 1. The van der Waals surface area contributed by atoms with Crippen LogP contribution < -0.4 is 5.73 Å². The molecule has 0 aliphatic carbocycles. The smallest absolute Gasteiger partial charge is 0.270 e. The standard InChI is InChI=1S/C13H8BrFN4O2/c14-8-4-11-12(5-9(8)15)18-13(17-11)7-3-6(19(20)21)1-2-10(7)16/h1-5H,16H2,(H,17,18). The topological polar surface area (TPSA) is 97.8 Å². The Labute approximate surface area is 126 Å². The molecule has 3 rings (SSSR count). The highest BCUT2D eigenvalue weighted by Crippen LogP contribution is 2.30. The second kappa shape index (κ2) is 4.81. The van der Waals surface area contributed by atoms with Gasteiger partial charge in [-0.25, -0.2) is 9.37 Å². The molecule has 8 heteroatoms. The molecule has 0 saturated heterocycles. The van der Waals surface area contributed by atoms with E-state index < -0.39 is 10.7 Å². The molecule has 0 saturated carbocycles. The van der Waals surface area contributed by atoms with Gasteiger partial charge < -0.3 is 10.7 Å². The SMILES string of the molecule is Nc1ccc([N+](=O)[O-])cc1-c1nc2cc(Br)c(F)cc2[nH]1. The minimum Gasteiger partial charge on any atom is -0.398 e. The maximum Gasteiger partial charge on any atom is 0.270 e. The number of aromatic amines is 1. The van der Waals surface area contributed by atoms with Crippen molar-refractivity contribution in [3.05, 3.63) is 50.7 Å². The first kappa shape index (κ1) is 13.5. The van der Waals surface area contributed by atoms with Crippen molar-refractivity contribution in [3.8, 4) is 11.4 Å². The van der Waals surface area contributed by atoms with Crippen molar-refractivity contribution in [3.63, 3.8) is 0 Å². The summed E-state index contributed by atoms with van der Waals surface area (Å²) < 4.78 is 13.8. The summed E-state index contributed by atoms with van der Waals surface area (Å²) in [6, 6.07) is 6.91. The second-order valence-corrected chi connectivity index (χ2v) is 5.25. The predicted octanol–water partition coefficient (Wildman–Crippen LogP) is 3.62. The summed E-state index contributed by atoms with van der Waals surface area (Å²) in [6.45, 7) is 0. The van der Waals surface area contributed by atoms with Gasteiger partial charge in [-0.3, -0.25) is 10.1 Å². The molecule has 0 spiro atoms. The fraction of sp³-hybridized carbons (Fsp3) is 0. The quantitative estimate of drug-likeness (QED) is 0.419. The number of non-ortho nitro benzene ring substituents is 1. The third kappa shape index (κ3) is 2.33. The van der Waals surface area contributed by atoms with Crippen LogP contribution in [-0.2, 0) is 0 Å². The van der Waals surface area contributed by atoms with E-state index in [1.165, 1.54) is 30.3 Å². The van der Waals surface area contributed by atoms with Crippen LogP contribution in [0.3, 0.4) is 0 Å². The molecule has 3 aromatic rings.